The summed E-state index contributed by atoms with van der Waals surface area (Å²) >= 11 is 0. The van der Waals surface area contributed by atoms with Gasteiger partial charge in [-0.15, -0.1) is 5.10 Å². The monoisotopic (exact) mass is 561 g/mol. The van der Waals surface area contributed by atoms with E-state index in [0.29, 0.717) is 37.6 Å². The Labute approximate surface area is 239 Å². The third-order valence-corrected chi connectivity index (χ3v) is 6.96. The second-order valence-corrected chi connectivity index (χ2v) is 11.0. The third kappa shape index (κ3) is 7.77. The molecule has 1 amide bonds. The molecule has 0 spiro atoms. The lowest BCUT2D eigenvalue weighted by molar-refractivity contribution is -0.123. The van der Waals surface area contributed by atoms with Crippen molar-refractivity contribution in [1.29, 1.82) is 0 Å². The predicted molar refractivity (Wildman–Crippen MR) is 152 cm³/mol. The third-order valence-electron chi connectivity index (χ3n) is 6.96. The van der Waals surface area contributed by atoms with Crippen LogP contribution in [0.15, 0.2) is 60.8 Å². The fourth-order valence-electron chi connectivity index (χ4n) is 4.99. The van der Waals surface area contributed by atoms with Gasteiger partial charge in [-0.1, -0.05) is 29.5 Å². The zero-order valence-corrected chi connectivity index (χ0v) is 23.7. The molecule has 4 aromatic rings. The van der Waals surface area contributed by atoms with Crippen molar-refractivity contribution in [3.8, 4) is 17.1 Å². The summed E-state index contributed by atoms with van der Waals surface area (Å²) in [5.41, 5.74) is 3.58. The lowest BCUT2D eigenvalue weighted by Gasteiger charge is -2.35. The number of rotatable bonds is 11. The highest BCUT2D eigenvalue weighted by Gasteiger charge is 2.26. The van der Waals surface area contributed by atoms with E-state index in [2.05, 4.69) is 20.5 Å². The molecular formula is C30H36FN7O3. The Kier molecular flexibility index (Phi) is 8.75. The first-order chi connectivity index (χ1) is 19.8. The maximum Gasteiger partial charge on any atom is 0.242 e. The molecule has 10 nitrogen and oxygen atoms in total. The smallest absolute Gasteiger partial charge is 0.242 e. The van der Waals surface area contributed by atoms with Crippen LogP contribution in [-0.4, -0.2) is 81.1 Å². The molecule has 0 radical (unpaired) electrons. The van der Waals surface area contributed by atoms with E-state index in [0.717, 1.165) is 42.2 Å². The van der Waals surface area contributed by atoms with E-state index < -0.39 is 5.54 Å². The number of benzene rings is 2. The fraction of sp³-hybridized carbons (Fsp3) is 0.400. The Hall–Kier alpha value is -4.09. The van der Waals surface area contributed by atoms with Gasteiger partial charge in [0.2, 0.25) is 5.91 Å². The highest BCUT2D eigenvalue weighted by molar-refractivity contribution is 5.76. The van der Waals surface area contributed by atoms with Crippen molar-refractivity contribution in [3.63, 3.8) is 0 Å². The fourth-order valence-corrected chi connectivity index (χ4v) is 4.99. The second kappa shape index (κ2) is 12.6. The van der Waals surface area contributed by atoms with Crippen molar-refractivity contribution in [2.75, 3.05) is 40.0 Å². The van der Waals surface area contributed by atoms with Crippen LogP contribution in [0.1, 0.15) is 30.7 Å². The first-order valence-corrected chi connectivity index (χ1v) is 13.7. The molecule has 11 heteroatoms. The number of carbonyl (C=O) groups excluding carboxylic acids is 1. The van der Waals surface area contributed by atoms with Gasteiger partial charge in [0.05, 0.1) is 33.1 Å². The number of morpholine rings is 1. The Morgan fingerprint density at radius 1 is 1.05 bits per heavy atom. The molecule has 1 aliphatic heterocycles. The minimum Gasteiger partial charge on any atom is -0.497 e. The van der Waals surface area contributed by atoms with E-state index in [4.69, 9.17) is 14.6 Å². The van der Waals surface area contributed by atoms with Crippen molar-refractivity contribution in [2.45, 2.75) is 38.9 Å². The topological polar surface area (TPSA) is 99.3 Å². The molecule has 0 saturated carbocycles. The van der Waals surface area contributed by atoms with Gasteiger partial charge < -0.3 is 14.8 Å². The average molecular weight is 562 g/mol. The Morgan fingerprint density at radius 2 is 1.76 bits per heavy atom. The summed E-state index contributed by atoms with van der Waals surface area (Å²) in [5.74, 6) is 0.362. The van der Waals surface area contributed by atoms with Crippen LogP contribution in [0, 0.1) is 5.82 Å². The molecule has 1 aliphatic rings. The molecular weight excluding hydrogens is 525 g/mol. The number of hydrogen-bond donors (Lipinski definition) is 1. The van der Waals surface area contributed by atoms with Gasteiger partial charge in [-0.3, -0.25) is 14.4 Å². The van der Waals surface area contributed by atoms with Crippen LogP contribution in [0.3, 0.4) is 0 Å². The van der Waals surface area contributed by atoms with E-state index in [1.165, 1.54) is 12.1 Å². The van der Waals surface area contributed by atoms with Crippen molar-refractivity contribution in [2.24, 2.45) is 0 Å². The van der Waals surface area contributed by atoms with Gasteiger partial charge in [-0.05, 0) is 55.3 Å². The molecule has 0 aliphatic carbocycles. The summed E-state index contributed by atoms with van der Waals surface area (Å²) in [5, 5.41) is 16.5. The van der Waals surface area contributed by atoms with Gasteiger partial charge in [0.1, 0.15) is 29.5 Å². The normalized spacial score (nSPS) is 14.2. The molecule has 0 atom stereocenters. The molecule has 1 N–H and O–H groups in total. The SMILES string of the molecule is COc1ccc(Cn2cc(-c3cc(Cc4ccc(F)cc4)n(CC(=O)NC(C)(C)CN4CCOCC4)n3)nn2)cc1. The molecule has 216 valence electrons. The molecule has 1 fully saturated rings. The van der Waals surface area contributed by atoms with Crippen molar-refractivity contribution in [1.82, 2.24) is 35.0 Å². The van der Waals surface area contributed by atoms with Crippen LogP contribution < -0.4 is 10.1 Å². The number of hydrogen-bond acceptors (Lipinski definition) is 7. The molecule has 0 bridgehead atoms. The molecule has 5 rings (SSSR count). The number of carbonyl (C=O) groups is 1. The highest BCUT2D eigenvalue weighted by Crippen LogP contribution is 2.20. The van der Waals surface area contributed by atoms with Crippen molar-refractivity contribution < 1.29 is 18.7 Å². The van der Waals surface area contributed by atoms with E-state index in [9.17, 15) is 9.18 Å². The van der Waals surface area contributed by atoms with Gasteiger partial charge in [-0.25, -0.2) is 9.07 Å². The van der Waals surface area contributed by atoms with Gasteiger partial charge in [0.25, 0.3) is 0 Å². The number of halogens is 1. The molecule has 0 unspecified atom stereocenters. The Balaban J connectivity index is 1.32. The molecule has 2 aromatic heterocycles. The second-order valence-electron chi connectivity index (χ2n) is 11.0. The quantitative estimate of drug-likeness (QED) is 0.300. The average Bonchev–Trinajstić information content (AvgIpc) is 3.57. The van der Waals surface area contributed by atoms with Crippen molar-refractivity contribution in [3.05, 3.63) is 83.4 Å². The van der Waals surface area contributed by atoms with Gasteiger partial charge in [-0.2, -0.15) is 5.10 Å². The predicted octanol–water partition coefficient (Wildman–Crippen LogP) is 3.16. The van der Waals surface area contributed by atoms with Crippen LogP contribution in [0.25, 0.3) is 11.4 Å². The summed E-state index contributed by atoms with van der Waals surface area (Å²) in [6, 6.07) is 16.0. The van der Waals surface area contributed by atoms with Gasteiger partial charge in [0.15, 0.2) is 0 Å². The zero-order valence-electron chi connectivity index (χ0n) is 23.7. The standard InChI is InChI=1S/C30H36FN7O3/c1-30(2,21-36-12-14-41-15-13-36)32-29(39)20-38-25(16-22-4-8-24(31)9-5-22)17-27(34-38)28-19-37(35-33-28)18-23-6-10-26(40-3)11-7-23/h4-11,17,19H,12-16,18,20-21H2,1-3H3,(H,32,39). The van der Waals surface area contributed by atoms with Crippen LogP contribution in [0.2, 0.25) is 0 Å². The molecule has 2 aromatic carbocycles. The number of ether oxygens (including phenoxy) is 2. The maximum absolute atomic E-state index is 13.5. The lowest BCUT2D eigenvalue weighted by Crippen LogP contribution is -2.54. The van der Waals surface area contributed by atoms with E-state index in [1.807, 2.05) is 50.4 Å². The van der Waals surface area contributed by atoms with Crippen molar-refractivity contribution >= 4 is 5.91 Å². The molecule has 3 heterocycles. The number of methoxy groups -OCH3 is 1. The largest absolute Gasteiger partial charge is 0.497 e. The number of nitrogens with one attached hydrogen (secondary N) is 1. The first-order valence-electron chi connectivity index (χ1n) is 13.7. The minimum atomic E-state index is -0.425. The Morgan fingerprint density at radius 3 is 2.46 bits per heavy atom. The van der Waals surface area contributed by atoms with Crippen LogP contribution in [-0.2, 0) is 29.0 Å². The van der Waals surface area contributed by atoms with Gasteiger partial charge >= 0.3 is 0 Å². The van der Waals surface area contributed by atoms with Crippen LogP contribution in [0.5, 0.6) is 5.75 Å². The zero-order chi connectivity index (χ0) is 28.8. The number of amides is 1. The van der Waals surface area contributed by atoms with Crippen LogP contribution >= 0.6 is 0 Å². The van der Waals surface area contributed by atoms with Crippen LogP contribution in [0.4, 0.5) is 4.39 Å². The minimum absolute atomic E-state index is 0.0447. The maximum atomic E-state index is 13.5. The van der Waals surface area contributed by atoms with E-state index >= 15 is 0 Å². The van der Waals surface area contributed by atoms with Gasteiger partial charge in [0, 0.05) is 37.3 Å². The lowest BCUT2D eigenvalue weighted by atomic mass is 10.0. The summed E-state index contributed by atoms with van der Waals surface area (Å²) in [6.07, 6.45) is 2.32. The van der Waals surface area contributed by atoms with E-state index in [1.54, 1.807) is 28.6 Å². The highest BCUT2D eigenvalue weighted by atomic mass is 19.1. The number of nitrogens with zero attached hydrogens (tertiary/aromatic N) is 6. The summed E-state index contributed by atoms with van der Waals surface area (Å²) < 4.78 is 27.6. The summed E-state index contributed by atoms with van der Waals surface area (Å²) in [6.45, 7) is 8.47. The number of aromatic nitrogens is 5. The summed E-state index contributed by atoms with van der Waals surface area (Å²) in [7, 11) is 1.64. The first kappa shape index (κ1) is 28.4. The molecule has 1 saturated heterocycles. The Bertz CT molecular complexity index is 1440. The summed E-state index contributed by atoms with van der Waals surface area (Å²) in [4.78, 5) is 15.5. The van der Waals surface area contributed by atoms with E-state index in [-0.39, 0.29) is 18.3 Å². The molecule has 41 heavy (non-hydrogen) atoms.